The summed E-state index contributed by atoms with van der Waals surface area (Å²) in [7, 11) is 0. The van der Waals surface area contributed by atoms with Crippen LogP contribution in [0.5, 0.6) is 11.5 Å². The third-order valence-electron chi connectivity index (χ3n) is 2.92. The topological polar surface area (TPSA) is 61.8 Å². The highest BCUT2D eigenvalue weighted by atomic mass is 32.2. The van der Waals surface area contributed by atoms with Gasteiger partial charge in [0.1, 0.15) is 11.5 Å². The van der Waals surface area contributed by atoms with Gasteiger partial charge in [0, 0.05) is 49.4 Å². The molecule has 0 N–H and O–H groups in total. The zero-order valence-corrected chi connectivity index (χ0v) is 15.5. The molecule has 0 fully saturated rings. The number of benzene rings is 2. The van der Waals surface area contributed by atoms with Gasteiger partial charge >= 0.3 is 11.9 Å². The number of rotatable bonds is 8. The Morgan fingerprint density at radius 1 is 0.720 bits per heavy atom. The molecule has 0 aliphatic rings. The van der Waals surface area contributed by atoms with Gasteiger partial charge in [0.2, 0.25) is 0 Å². The van der Waals surface area contributed by atoms with Crippen molar-refractivity contribution in [3.63, 3.8) is 0 Å². The van der Waals surface area contributed by atoms with Gasteiger partial charge in [-0.3, -0.25) is 9.59 Å². The van der Waals surface area contributed by atoms with Gasteiger partial charge in [0.15, 0.2) is 0 Å². The van der Waals surface area contributed by atoms with Gasteiger partial charge in [-0.2, -0.15) is 0 Å². The van der Waals surface area contributed by atoms with E-state index in [1.165, 1.54) is 37.9 Å². The van der Waals surface area contributed by atoms with Crippen LogP contribution in [0.25, 0.3) is 0 Å². The standard InChI is InChI=1S/C18H18O5S2/c1-13(19)21-17-7-3-15(4-8-17)11-24-23-25-12-16-5-9-18(10-6-16)22-14(2)20/h3-10H,11-12H2,1-2H3. The molecule has 2 aromatic rings. The van der Waals surface area contributed by atoms with E-state index in [9.17, 15) is 9.59 Å². The minimum absolute atomic E-state index is 0.331. The molecule has 0 unspecified atom stereocenters. The van der Waals surface area contributed by atoms with E-state index in [4.69, 9.17) is 13.1 Å². The smallest absolute Gasteiger partial charge is 0.308 e. The summed E-state index contributed by atoms with van der Waals surface area (Å²) in [5, 5.41) is 0. The van der Waals surface area contributed by atoms with Crippen molar-refractivity contribution in [2.75, 3.05) is 0 Å². The van der Waals surface area contributed by atoms with Crippen molar-refractivity contribution in [1.82, 2.24) is 0 Å². The summed E-state index contributed by atoms with van der Waals surface area (Å²) < 4.78 is 15.5. The fourth-order valence-electron chi connectivity index (χ4n) is 1.86. The van der Waals surface area contributed by atoms with Crippen LogP contribution in [0.1, 0.15) is 25.0 Å². The molecule has 2 rings (SSSR count). The van der Waals surface area contributed by atoms with Gasteiger partial charge < -0.3 is 9.47 Å². The zero-order valence-electron chi connectivity index (χ0n) is 13.9. The zero-order chi connectivity index (χ0) is 18.1. The van der Waals surface area contributed by atoms with Crippen molar-refractivity contribution in [1.29, 1.82) is 0 Å². The normalized spacial score (nSPS) is 10.3. The van der Waals surface area contributed by atoms with Crippen LogP contribution < -0.4 is 9.47 Å². The van der Waals surface area contributed by atoms with Gasteiger partial charge in [0.05, 0.1) is 0 Å². The molecule has 25 heavy (non-hydrogen) atoms. The molecule has 0 aromatic heterocycles. The molecule has 0 saturated heterocycles. The van der Waals surface area contributed by atoms with Crippen molar-refractivity contribution < 1.29 is 22.7 Å². The molecule has 5 nitrogen and oxygen atoms in total. The Bertz CT molecular complexity index is 637. The molecule has 0 spiro atoms. The van der Waals surface area contributed by atoms with Gasteiger partial charge in [-0.1, -0.05) is 24.3 Å². The second-order valence-electron chi connectivity index (χ2n) is 5.07. The quantitative estimate of drug-likeness (QED) is 0.289. The predicted molar refractivity (Wildman–Crippen MR) is 99.2 cm³/mol. The van der Waals surface area contributed by atoms with Crippen LogP contribution in [0.2, 0.25) is 0 Å². The Labute approximate surface area is 155 Å². The minimum Gasteiger partial charge on any atom is -0.427 e. The first-order valence-corrected chi connectivity index (χ1v) is 9.31. The lowest BCUT2D eigenvalue weighted by atomic mass is 10.2. The summed E-state index contributed by atoms with van der Waals surface area (Å²) in [5.41, 5.74) is 2.15. The van der Waals surface area contributed by atoms with E-state index in [0.717, 1.165) is 11.1 Å². The lowest BCUT2D eigenvalue weighted by molar-refractivity contribution is -0.132. The Balaban J connectivity index is 1.66. The molecule has 2 aromatic carbocycles. The number of esters is 2. The monoisotopic (exact) mass is 378 g/mol. The van der Waals surface area contributed by atoms with Gasteiger partial charge in [-0.15, -0.1) is 0 Å². The molecule has 0 bridgehead atoms. The lowest BCUT2D eigenvalue weighted by Crippen LogP contribution is -2.01. The molecule has 0 saturated carbocycles. The number of ether oxygens (including phenoxy) is 2. The summed E-state index contributed by atoms with van der Waals surface area (Å²) in [6, 6.07) is 14.6. The molecule has 132 valence electrons. The van der Waals surface area contributed by atoms with E-state index in [-0.39, 0.29) is 11.9 Å². The molecular formula is C18H18O5S2. The summed E-state index contributed by atoms with van der Waals surface area (Å²) in [6.07, 6.45) is 0. The molecule has 0 atom stereocenters. The fraction of sp³-hybridized carbons (Fsp3) is 0.222. The Kier molecular flexibility index (Phi) is 7.84. The van der Waals surface area contributed by atoms with Crippen molar-refractivity contribution in [2.24, 2.45) is 0 Å². The average Bonchev–Trinajstić information content (AvgIpc) is 2.56. The molecule has 0 aliphatic heterocycles. The second kappa shape index (κ2) is 10.1. The number of carbonyl (C=O) groups excluding carboxylic acids is 2. The van der Waals surface area contributed by atoms with E-state index in [0.29, 0.717) is 23.0 Å². The fourth-order valence-corrected chi connectivity index (χ4v) is 3.17. The van der Waals surface area contributed by atoms with Gasteiger partial charge in [0.25, 0.3) is 0 Å². The van der Waals surface area contributed by atoms with E-state index in [1.54, 1.807) is 24.3 Å². The first-order chi connectivity index (χ1) is 12.0. The van der Waals surface area contributed by atoms with Crippen LogP contribution in [-0.4, -0.2) is 11.9 Å². The Morgan fingerprint density at radius 3 is 1.40 bits per heavy atom. The Hall–Kier alpha value is -1.96. The largest absolute Gasteiger partial charge is 0.427 e. The number of hydrogen-bond donors (Lipinski definition) is 0. The lowest BCUT2D eigenvalue weighted by Gasteiger charge is -2.05. The summed E-state index contributed by atoms with van der Waals surface area (Å²) >= 11 is 2.69. The van der Waals surface area contributed by atoms with E-state index >= 15 is 0 Å². The second-order valence-corrected chi connectivity index (χ2v) is 6.66. The maximum Gasteiger partial charge on any atom is 0.308 e. The SMILES string of the molecule is CC(=O)Oc1ccc(CSOSCc2ccc(OC(C)=O)cc2)cc1. The summed E-state index contributed by atoms with van der Waals surface area (Å²) in [4.78, 5) is 21.7. The van der Waals surface area contributed by atoms with Crippen LogP contribution in [0.4, 0.5) is 0 Å². The summed E-state index contributed by atoms with van der Waals surface area (Å²) in [5.74, 6) is 1.80. The maximum absolute atomic E-state index is 10.9. The highest BCUT2D eigenvalue weighted by Crippen LogP contribution is 2.25. The average molecular weight is 378 g/mol. The number of carbonyl (C=O) groups is 2. The first-order valence-electron chi connectivity index (χ1n) is 7.49. The molecule has 7 heteroatoms. The molecular weight excluding hydrogens is 360 g/mol. The van der Waals surface area contributed by atoms with Gasteiger partial charge in [-0.05, 0) is 35.4 Å². The van der Waals surface area contributed by atoms with Crippen molar-refractivity contribution in [3.8, 4) is 11.5 Å². The first kappa shape index (κ1) is 19.4. The third-order valence-corrected chi connectivity index (χ3v) is 4.59. The number of hydrogen-bond acceptors (Lipinski definition) is 7. The van der Waals surface area contributed by atoms with E-state index < -0.39 is 0 Å². The maximum atomic E-state index is 10.9. The van der Waals surface area contributed by atoms with Crippen molar-refractivity contribution >= 4 is 36.0 Å². The molecule has 0 aliphatic carbocycles. The third kappa shape index (κ3) is 7.64. The van der Waals surface area contributed by atoms with Crippen LogP contribution in [-0.2, 0) is 24.7 Å². The predicted octanol–water partition coefficient (Wildman–Crippen LogP) is 4.55. The van der Waals surface area contributed by atoms with Crippen LogP contribution in [0.15, 0.2) is 48.5 Å². The van der Waals surface area contributed by atoms with Crippen LogP contribution in [0, 0.1) is 0 Å². The highest BCUT2D eigenvalue weighted by Gasteiger charge is 2.01. The van der Waals surface area contributed by atoms with Crippen LogP contribution in [0.3, 0.4) is 0 Å². The van der Waals surface area contributed by atoms with Crippen molar-refractivity contribution in [2.45, 2.75) is 25.4 Å². The van der Waals surface area contributed by atoms with E-state index in [1.807, 2.05) is 24.3 Å². The van der Waals surface area contributed by atoms with E-state index in [2.05, 4.69) is 0 Å². The molecule has 0 radical (unpaired) electrons. The van der Waals surface area contributed by atoms with Gasteiger partial charge in [-0.25, -0.2) is 3.63 Å². The van der Waals surface area contributed by atoms with Crippen LogP contribution >= 0.6 is 24.1 Å². The molecule has 0 amide bonds. The minimum atomic E-state index is -0.331. The summed E-state index contributed by atoms with van der Waals surface area (Å²) in [6.45, 7) is 2.75. The molecule has 0 heterocycles. The highest BCUT2D eigenvalue weighted by molar-refractivity contribution is 8.07. The van der Waals surface area contributed by atoms with Crippen molar-refractivity contribution in [3.05, 3.63) is 59.7 Å². The Morgan fingerprint density at radius 2 is 1.08 bits per heavy atom.